The van der Waals surface area contributed by atoms with Crippen molar-refractivity contribution in [1.29, 1.82) is 0 Å². The summed E-state index contributed by atoms with van der Waals surface area (Å²) in [6.45, 7) is 10.9. The van der Waals surface area contributed by atoms with Crippen molar-refractivity contribution in [3.05, 3.63) is 70.4 Å². The number of aromatic amines is 1. The Morgan fingerprint density at radius 3 is 2.50 bits per heavy atom. The summed E-state index contributed by atoms with van der Waals surface area (Å²) in [6.07, 6.45) is 1.29. The second-order valence-electron chi connectivity index (χ2n) is 11.4. The largest absolute Gasteiger partial charge is 0.461 e. The fourth-order valence-corrected chi connectivity index (χ4v) is 5.59. The molecule has 0 radical (unpaired) electrons. The quantitative estimate of drug-likeness (QED) is 0.147. The summed E-state index contributed by atoms with van der Waals surface area (Å²) in [4.78, 5) is 46.3. The van der Waals surface area contributed by atoms with Crippen LogP contribution >= 0.6 is 11.6 Å². The minimum atomic E-state index is -1.05. The van der Waals surface area contributed by atoms with Crippen LogP contribution in [-0.4, -0.2) is 79.7 Å². The Kier molecular flexibility index (Phi) is 12.6. The Labute approximate surface area is 264 Å². The molecule has 1 aliphatic rings. The van der Waals surface area contributed by atoms with Gasteiger partial charge in [-0.05, 0) is 49.9 Å². The maximum atomic E-state index is 14.0. The van der Waals surface area contributed by atoms with E-state index in [1.807, 2.05) is 44.2 Å². The number of carbonyl (C=O) groups is 3. The number of carbonyl (C=O) groups excluding carboxylic acids is 3. The molecule has 4 N–H and O–H groups in total. The molecule has 44 heavy (non-hydrogen) atoms. The Morgan fingerprint density at radius 2 is 1.80 bits per heavy atom. The van der Waals surface area contributed by atoms with Gasteiger partial charge in [-0.25, -0.2) is 4.79 Å². The van der Waals surface area contributed by atoms with E-state index in [4.69, 9.17) is 21.1 Å². The zero-order valence-corrected chi connectivity index (χ0v) is 26.5. The molecule has 2 heterocycles. The molecule has 1 fully saturated rings. The van der Waals surface area contributed by atoms with Crippen LogP contribution in [0, 0.1) is 5.92 Å². The van der Waals surface area contributed by atoms with E-state index < -0.39 is 18.1 Å². The molecule has 1 aromatic heterocycles. The van der Waals surface area contributed by atoms with Gasteiger partial charge in [0.1, 0.15) is 11.7 Å². The highest BCUT2D eigenvalue weighted by Gasteiger charge is 2.34. The molecule has 0 bridgehead atoms. The Bertz CT molecular complexity index is 1390. The lowest BCUT2D eigenvalue weighted by Gasteiger charge is -2.28. The van der Waals surface area contributed by atoms with E-state index in [1.54, 1.807) is 25.1 Å². The molecule has 238 valence electrons. The number of amides is 2. The van der Waals surface area contributed by atoms with Gasteiger partial charge >= 0.3 is 5.97 Å². The average molecular weight is 626 g/mol. The van der Waals surface area contributed by atoms with Crippen molar-refractivity contribution in [2.75, 3.05) is 46.0 Å². The van der Waals surface area contributed by atoms with Crippen molar-refractivity contribution in [2.45, 2.75) is 52.2 Å². The molecular weight excluding hydrogens is 582 g/mol. The Morgan fingerprint density at radius 1 is 1.05 bits per heavy atom. The number of benzene rings is 2. The Hall–Kier alpha value is -3.44. The van der Waals surface area contributed by atoms with Crippen LogP contribution in [0.4, 0.5) is 0 Å². The van der Waals surface area contributed by atoms with Crippen LogP contribution < -0.4 is 16.0 Å². The third-order valence-corrected chi connectivity index (χ3v) is 7.82. The fourth-order valence-electron chi connectivity index (χ4n) is 5.42. The third-order valence-electron chi connectivity index (χ3n) is 7.59. The highest BCUT2D eigenvalue weighted by Crippen LogP contribution is 2.32. The molecule has 2 aromatic carbocycles. The van der Waals surface area contributed by atoms with Crippen molar-refractivity contribution >= 4 is 40.3 Å². The minimum absolute atomic E-state index is 0.144. The molecule has 0 aliphatic carbocycles. The van der Waals surface area contributed by atoms with Crippen LogP contribution in [0.15, 0.2) is 48.5 Å². The van der Waals surface area contributed by atoms with Gasteiger partial charge in [0.25, 0.3) is 0 Å². The van der Waals surface area contributed by atoms with Gasteiger partial charge in [0, 0.05) is 47.7 Å². The first-order valence-electron chi connectivity index (χ1n) is 15.4. The molecule has 3 aromatic rings. The number of nitrogens with zero attached hydrogens (tertiary/aromatic N) is 1. The molecule has 1 unspecified atom stereocenters. The van der Waals surface area contributed by atoms with E-state index in [0.717, 1.165) is 44.8 Å². The number of aromatic nitrogens is 1. The summed E-state index contributed by atoms with van der Waals surface area (Å²) in [7, 11) is 0. The molecule has 4 rings (SSSR count). The normalized spacial score (nSPS) is 15.2. The van der Waals surface area contributed by atoms with Gasteiger partial charge in [0.05, 0.1) is 25.9 Å². The summed E-state index contributed by atoms with van der Waals surface area (Å²) in [5.74, 6) is -0.998. The van der Waals surface area contributed by atoms with Gasteiger partial charge < -0.3 is 25.1 Å². The molecule has 1 aliphatic heterocycles. The summed E-state index contributed by atoms with van der Waals surface area (Å²) in [5, 5.41) is 10.5. The first kappa shape index (κ1) is 33.5. The summed E-state index contributed by atoms with van der Waals surface area (Å²) in [5.41, 5.74) is 2.07. The number of halogens is 1. The van der Waals surface area contributed by atoms with Crippen LogP contribution in [0.5, 0.6) is 0 Å². The van der Waals surface area contributed by atoms with Crippen molar-refractivity contribution < 1.29 is 23.9 Å². The number of H-pyrrole nitrogens is 1. The van der Waals surface area contributed by atoms with Crippen LogP contribution in [0.1, 0.15) is 61.3 Å². The highest BCUT2D eigenvalue weighted by atomic mass is 35.5. The number of esters is 1. The van der Waals surface area contributed by atoms with Crippen molar-refractivity contribution in [3.8, 4) is 0 Å². The van der Waals surface area contributed by atoms with Crippen molar-refractivity contribution in [3.63, 3.8) is 0 Å². The standard InChI is InChI=1S/C33H44ClN5O5/c1-4-44-33(42)30-28(25-12-11-24(34)20-26(25)37-30)29(32(41)36-21-23-9-6-5-7-10-23)38-27(19-22(2)3)31(40)35-13-8-14-39-15-17-43-18-16-39/h5-7,9-12,20,22,27,29,37-38H,4,8,13-19,21H2,1-3H3,(H,35,40)(H,36,41)/t27-,29?/m0/s1. The van der Waals surface area contributed by atoms with Crippen LogP contribution in [0.3, 0.4) is 0 Å². The van der Waals surface area contributed by atoms with Crippen LogP contribution in [0.2, 0.25) is 5.02 Å². The molecule has 0 saturated carbocycles. The van der Waals surface area contributed by atoms with E-state index in [9.17, 15) is 14.4 Å². The lowest BCUT2D eigenvalue weighted by atomic mass is 9.97. The number of hydrogen-bond donors (Lipinski definition) is 4. The molecule has 1 saturated heterocycles. The summed E-state index contributed by atoms with van der Waals surface area (Å²) in [6, 6.07) is 13.0. The monoisotopic (exact) mass is 625 g/mol. The van der Waals surface area contributed by atoms with E-state index in [-0.39, 0.29) is 36.6 Å². The lowest BCUT2D eigenvalue weighted by molar-refractivity contribution is -0.126. The topological polar surface area (TPSA) is 125 Å². The lowest BCUT2D eigenvalue weighted by Crippen LogP contribution is -2.50. The van der Waals surface area contributed by atoms with Gasteiger partial charge in [-0.15, -0.1) is 0 Å². The van der Waals surface area contributed by atoms with Crippen molar-refractivity contribution in [2.24, 2.45) is 5.92 Å². The predicted octanol–water partition coefficient (Wildman–Crippen LogP) is 4.20. The highest BCUT2D eigenvalue weighted by molar-refractivity contribution is 6.31. The zero-order valence-electron chi connectivity index (χ0n) is 25.8. The molecule has 10 nitrogen and oxygen atoms in total. The number of hydrogen-bond acceptors (Lipinski definition) is 7. The number of ether oxygens (including phenoxy) is 2. The smallest absolute Gasteiger partial charge is 0.355 e. The van der Waals surface area contributed by atoms with Gasteiger partial charge in [0.2, 0.25) is 11.8 Å². The van der Waals surface area contributed by atoms with Gasteiger partial charge in [-0.1, -0.05) is 61.8 Å². The maximum absolute atomic E-state index is 14.0. The summed E-state index contributed by atoms with van der Waals surface area (Å²) >= 11 is 6.28. The van der Waals surface area contributed by atoms with E-state index >= 15 is 0 Å². The molecule has 2 amide bonds. The minimum Gasteiger partial charge on any atom is -0.461 e. The fraction of sp³-hybridized carbons (Fsp3) is 0.485. The van der Waals surface area contributed by atoms with E-state index in [0.29, 0.717) is 34.5 Å². The van der Waals surface area contributed by atoms with Gasteiger partial charge in [-0.2, -0.15) is 0 Å². The third kappa shape index (κ3) is 9.28. The second kappa shape index (κ2) is 16.6. The van der Waals surface area contributed by atoms with E-state index in [1.165, 1.54) is 0 Å². The first-order valence-corrected chi connectivity index (χ1v) is 15.8. The van der Waals surface area contributed by atoms with Crippen LogP contribution in [-0.2, 0) is 25.6 Å². The predicted molar refractivity (Wildman–Crippen MR) is 172 cm³/mol. The molecule has 0 spiro atoms. The number of nitrogens with one attached hydrogen (secondary N) is 4. The SMILES string of the molecule is CCOC(=O)c1[nH]c2cc(Cl)ccc2c1C(N[C@@H](CC(C)C)C(=O)NCCCN1CCOCC1)C(=O)NCc1ccccc1. The Balaban J connectivity index is 1.62. The number of morpholine rings is 1. The molecule has 2 atom stereocenters. The maximum Gasteiger partial charge on any atom is 0.355 e. The van der Waals surface area contributed by atoms with Crippen molar-refractivity contribution in [1.82, 2.24) is 25.8 Å². The molecule has 11 heteroatoms. The first-order chi connectivity index (χ1) is 21.3. The van der Waals surface area contributed by atoms with E-state index in [2.05, 4.69) is 25.8 Å². The van der Waals surface area contributed by atoms with Crippen LogP contribution in [0.25, 0.3) is 10.9 Å². The zero-order chi connectivity index (χ0) is 31.5. The number of rotatable bonds is 15. The molecular formula is C33H44ClN5O5. The summed E-state index contributed by atoms with van der Waals surface area (Å²) < 4.78 is 10.8. The number of fused-ring (bicyclic) bond motifs is 1. The second-order valence-corrected chi connectivity index (χ2v) is 11.8. The van der Waals surface area contributed by atoms with Gasteiger partial charge in [-0.3, -0.25) is 19.8 Å². The average Bonchev–Trinajstić information content (AvgIpc) is 3.39. The van der Waals surface area contributed by atoms with Gasteiger partial charge in [0.15, 0.2) is 0 Å².